The molecule has 2 heterocycles. The third kappa shape index (κ3) is 2.97. The normalized spacial score (nSPS) is 18.8. The van der Waals surface area contributed by atoms with Crippen molar-refractivity contribution in [2.24, 2.45) is 0 Å². The molecule has 0 saturated carbocycles. The molecule has 4 rings (SSSR count). The molecule has 2 aromatic carbocycles. The summed E-state index contributed by atoms with van der Waals surface area (Å²) in [6.07, 6.45) is 2.63. The lowest BCUT2D eigenvalue weighted by atomic mass is 9.91. The van der Waals surface area contributed by atoms with Gasteiger partial charge >= 0.3 is 0 Å². The Bertz CT molecular complexity index is 938. The van der Waals surface area contributed by atoms with Gasteiger partial charge in [-0.15, -0.1) is 0 Å². The third-order valence-corrected chi connectivity index (χ3v) is 5.08. The van der Waals surface area contributed by atoms with Gasteiger partial charge in [-0.05, 0) is 18.1 Å². The van der Waals surface area contributed by atoms with Gasteiger partial charge in [0, 0.05) is 12.0 Å². The molecule has 0 bridgehead atoms. The van der Waals surface area contributed by atoms with Crippen LogP contribution in [0.1, 0.15) is 43.0 Å². The number of hydrogen-bond acceptors (Lipinski definition) is 4. The van der Waals surface area contributed by atoms with Crippen molar-refractivity contribution in [2.45, 2.75) is 31.8 Å². The number of carbonyl (C=O) groups is 1. The zero-order valence-electron chi connectivity index (χ0n) is 15.4. The number of fused-ring (bicyclic) bond motifs is 1. The molecule has 0 aliphatic carbocycles. The number of rotatable bonds is 4. The Morgan fingerprint density at radius 3 is 2.59 bits per heavy atom. The highest BCUT2D eigenvalue weighted by molar-refractivity contribution is 5.92. The minimum absolute atomic E-state index is 0.0385. The average molecular weight is 362 g/mol. The van der Waals surface area contributed by atoms with E-state index < -0.39 is 0 Å². The van der Waals surface area contributed by atoms with Crippen molar-refractivity contribution in [1.82, 2.24) is 14.8 Å². The van der Waals surface area contributed by atoms with Crippen LogP contribution in [0.4, 0.5) is 5.95 Å². The fourth-order valence-corrected chi connectivity index (χ4v) is 3.81. The molecule has 1 aliphatic heterocycles. The van der Waals surface area contributed by atoms with Gasteiger partial charge in [-0.1, -0.05) is 55.5 Å². The first kappa shape index (κ1) is 17.3. The Balaban J connectivity index is 1.87. The summed E-state index contributed by atoms with van der Waals surface area (Å²) in [5.41, 5.74) is 2.13. The summed E-state index contributed by atoms with van der Waals surface area (Å²) in [6.45, 7) is 1.87. The van der Waals surface area contributed by atoms with Crippen LogP contribution in [0.2, 0.25) is 0 Å². The Morgan fingerprint density at radius 2 is 1.85 bits per heavy atom. The molecule has 0 fully saturated rings. The molecule has 6 heteroatoms. The molecule has 1 aromatic heterocycles. The monoisotopic (exact) mass is 362 g/mol. The zero-order valence-corrected chi connectivity index (χ0v) is 15.4. The van der Waals surface area contributed by atoms with E-state index in [9.17, 15) is 4.79 Å². The number of aromatic nitrogens is 3. The zero-order chi connectivity index (χ0) is 18.8. The Labute approximate surface area is 158 Å². The largest absolute Gasteiger partial charge is 0.496 e. The maximum Gasteiger partial charge on any atom is 0.231 e. The maximum absolute atomic E-state index is 12.8. The van der Waals surface area contributed by atoms with E-state index in [1.165, 1.54) is 6.33 Å². The molecule has 2 unspecified atom stereocenters. The number of hydrogen-bond donors (Lipinski definition) is 0. The fraction of sp³-hybridized carbons (Fsp3) is 0.286. The number of para-hydroxylation sites is 1. The number of carbonyl (C=O) groups excluding carboxylic acids is 1. The van der Waals surface area contributed by atoms with Crippen molar-refractivity contribution in [3.63, 3.8) is 0 Å². The van der Waals surface area contributed by atoms with Crippen LogP contribution in [-0.2, 0) is 4.79 Å². The van der Waals surface area contributed by atoms with Gasteiger partial charge in [0.1, 0.15) is 12.1 Å². The number of benzene rings is 2. The molecule has 0 saturated heterocycles. The molecule has 2 atom stereocenters. The van der Waals surface area contributed by atoms with E-state index in [-0.39, 0.29) is 18.0 Å². The van der Waals surface area contributed by atoms with Crippen LogP contribution in [0, 0.1) is 0 Å². The first-order valence-electron chi connectivity index (χ1n) is 9.14. The minimum atomic E-state index is -0.106. The van der Waals surface area contributed by atoms with Crippen LogP contribution < -0.4 is 9.64 Å². The minimum Gasteiger partial charge on any atom is -0.496 e. The molecule has 0 radical (unpaired) electrons. The van der Waals surface area contributed by atoms with Crippen molar-refractivity contribution in [3.8, 4) is 5.75 Å². The van der Waals surface area contributed by atoms with E-state index in [2.05, 4.69) is 22.2 Å². The lowest BCUT2D eigenvalue weighted by Gasteiger charge is -2.39. The SMILES string of the molecule is CCC(=O)N1c2ncnn2C(c2ccccc2OC)CC1c1ccccc1. The second-order valence-electron chi connectivity index (χ2n) is 6.54. The van der Waals surface area contributed by atoms with Gasteiger partial charge < -0.3 is 4.74 Å². The molecule has 138 valence electrons. The van der Waals surface area contributed by atoms with Crippen LogP contribution >= 0.6 is 0 Å². The van der Waals surface area contributed by atoms with Gasteiger partial charge in [0.25, 0.3) is 0 Å². The lowest BCUT2D eigenvalue weighted by Crippen LogP contribution is -2.42. The molecule has 27 heavy (non-hydrogen) atoms. The second kappa shape index (κ2) is 7.23. The highest BCUT2D eigenvalue weighted by atomic mass is 16.5. The van der Waals surface area contributed by atoms with Gasteiger partial charge in [-0.3, -0.25) is 9.69 Å². The molecule has 0 spiro atoms. The number of anilines is 1. The van der Waals surface area contributed by atoms with Gasteiger partial charge in [-0.25, -0.2) is 4.68 Å². The van der Waals surface area contributed by atoms with E-state index in [1.807, 2.05) is 54.1 Å². The van der Waals surface area contributed by atoms with Crippen LogP contribution in [-0.4, -0.2) is 27.8 Å². The second-order valence-corrected chi connectivity index (χ2v) is 6.54. The molecular weight excluding hydrogens is 340 g/mol. The first-order valence-corrected chi connectivity index (χ1v) is 9.14. The summed E-state index contributed by atoms with van der Waals surface area (Å²) < 4.78 is 7.42. The summed E-state index contributed by atoms with van der Waals surface area (Å²) in [7, 11) is 1.67. The van der Waals surface area contributed by atoms with Crippen LogP contribution in [0.25, 0.3) is 0 Å². The van der Waals surface area contributed by atoms with E-state index in [0.717, 1.165) is 16.9 Å². The van der Waals surface area contributed by atoms with Gasteiger partial charge in [-0.2, -0.15) is 10.1 Å². The average Bonchev–Trinajstić information content (AvgIpc) is 3.22. The molecular formula is C21H22N4O2. The van der Waals surface area contributed by atoms with E-state index >= 15 is 0 Å². The van der Waals surface area contributed by atoms with E-state index in [0.29, 0.717) is 18.8 Å². The summed E-state index contributed by atoms with van der Waals surface area (Å²) >= 11 is 0. The van der Waals surface area contributed by atoms with Crippen molar-refractivity contribution in [1.29, 1.82) is 0 Å². The van der Waals surface area contributed by atoms with Crippen LogP contribution in [0.15, 0.2) is 60.9 Å². The number of nitrogens with zero attached hydrogens (tertiary/aromatic N) is 4. The highest BCUT2D eigenvalue weighted by Gasteiger charge is 2.39. The van der Waals surface area contributed by atoms with Gasteiger partial charge in [0.2, 0.25) is 11.9 Å². The smallest absolute Gasteiger partial charge is 0.231 e. The van der Waals surface area contributed by atoms with Crippen molar-refractivity contribution in [3.05, 3.63) is 72.1 Å². The maximum atomic E-state index is 12.8. The molecule has 6 nitrogen and oxygen atoms in total. The molecule has 1 aliphatic rings. The standard InChI is InChI=1S/C21H22N4O2/c1-3-20(26)24-17(15-9-5-4-6-10-15)13-18(25-21(24)22-14-23-25)16-11-7-8-12-19(16)27-2/h4-12,14,17-18H,3,13H2,1-2H3. The molecule has 1 amide bonds. The summed E-state index contributed by atoms with van der Waals surface area (Å²) in [6, 6.07) is 17.9. The van der Waals surface area contributed by atoms with E-state index in [4.69, 9.17) is 4.74 Å². The molecule has 3 aromatic rings. The van der Waals surface area contributed by atoms with Crippen LogP contribution in [0.3, 0.4) is 0 Å². The van der Waals surface area contributed by atoms with Gasteiger partial charge in [0.15, 0.2) is 0 Å². The van der Waals surface area contributed by atoms with Gasteiger partial charge in [0.05, 0.1) is 19.2 Å². The number of amides is 1. The number of ether oxygens (including phenoxy) is 1. The van der Waals surface area contributed by atoms with E-state index in [1.54, 1.807) is 12.0 Å². The predicted molar refractivity (Wildman–Crippen MR) is 103 cm³/mol. The number of methoxy groups -OCH3 is 1. The molecule has 0 N–H and O–H groups in total. The van der Waals surface area contributed by atoms with Crippen molar-refractivity contribution < 1.29 is 9.53 Å². The first-order chi connectivity index (χ1) is 13.2. The Morgan fingerprint density at radius 1 is 1.11 bits per heavy atom. The lowest BCUT2D eigenvalue weighted by molar-refractivity contribution is -0.119. The highest BCUT2D eigenvalue weighted by Crippen LogP contribution is 2.43. The predicted octanol–water partition coefficient (Wildman–Crippen LogP) is 3.76. The van der Waals surface area contributed by atoms with Crippen LogP contribution in [0.5, 0.6) is 5.75 Å². The quantitative estimate of drug-likeness (QED) is 0.709. The summed E-state index contributed by atoms with van der Waals surface area (Å²) in [4.78, 5) is 19.0. The summed E-state index contributed by atoms with van der Waals surface area (Å²) in [5.74, 6) is 1.43. The Kier molecular flexibility index (Phi) is 4.62. The third-order valence-electron chi connectivity index (χ3n) is 5.08. The Hall–Kier alpha value is -3.15. The van der Waals surface area contributed by atoms with Crippen molar-refractivity contribution >= 4 is 11.9 Å². The topological polar surface area (TPSA) is 60.2 Å². The van der Waals surface area contributed by atoms with Crippen molar-refractivity contribution in [2.75, 3.05) is 12.0 Å². The summed E-state index contributed by atoms with van der Waals surface area (Å²) in [5, 5.41) is 4.44. The fourth-order valence-electron chi connectivity index (χ4n) is 3.81.